The number of urea groups is 1. The van der Waals surface area contributed by atoms with Crippen LogP contribution in [0.25, 0.3) is 5.52 Å². The molecule has 3 rings (SSSR count). The van der Waals surface area contributed by atoms with Gasteiger partial charge in [0.2, 0.25) is 0 Å². The largest absolute Gasteiger partial charge is 0.338 e. The zero-order valence-electron chi connectivity index (χ0n) is 13.2. The molecule has 120 valence electrons. The van der Waals surface area contributed by atoms with Gasteiger partial charge in [0.05, 0.1) is 28.7 Å². The highest BCUT2D eigenvalue weighted by Crippen LogP contribution is 2.17. The van der Waals surface area contributed by atoms with Crippen LogP contribution in [-0.2, 0) is 13.0 Å². The Morgan fingerprint density at radius 3 is 2.96 bits per heavy atom. The normalized spacial score (nSPS) is 10.9. The van der Waals surface area contributed by atoms with E-state index < -0.39 is 0 Å². The lowest BCUT2D eigenvalue weighted by Gasteiger charge is -2.08. The molecule has 0 spiro atoms. The number of aryl methyl sites for hydroxylation is 2. The van der Waals surface area contributed by atoms with Gasteiger partial charge in [0.1, 0.15) is 0 Å². The third kappa shape index (κ3) is 3.87. The average Bonchev–Trinajstić information content (AvgIpc) is 3.11. The number of amides is 2. The van der Waals surface area contributed by atoms with Crippen LogP contribution in [0.1, 0.15) is 21.1 Å². The van der Waals surface area contributed by atoms with E-state index in [4.69, 9.17) is 0 Å². The zero-order chi connectivity index (χ0) is 16.2. The first-order valence-corrected chi connectivity index (χ1v) is 8.28. The zero-order valence-corrected chi connectivity index (χ0v) is 14.0. The van der Waals surface area contributed by atoms with Crippen LogP contribution in [0.3, 0.4) is 0 Å². The van der Waals surface area contributed by atoms with Gasteiger partial charge in [-0.25, -0.2) is 14.8 Å². The number of carbonyl (C=O) groups excluding carboxylic acids is 1. The molecule has 7 heteroatoms. The molecule has 0 aliphatic heterocycles. The number of rotatable bonds is 5. The molecule has 0 saturated carbocycles. The molecule has 2 amide bonds. The third-order valence-corrected chi connectivity index (χ3v) is 4.69. The number of hydrogen-bond acceptors (Lipinski definition) is 4. The lowest BCUT2D eigenvalue weighted by atomic mass is 10.2. The summed E-state index contributed by atoms with van der Waals surface area (Å²) in [7, 11) is 0. The number of carbonyl (C=O) groups is 1. The topological polar surface area (TPSA) is 71.3 Å². The van der Waals surface area contributed by atoms with Crippen LogP contribution < -0.4 is 10.6 Å². The lowest BCUT2D eigenvalue weighted by Crippen LogP contribution is -2.36. The van der Waals surface area contributed by atoms with Crippen molar-refractivity contribution in [3.05, 3.63) is 52.0 Å². The van der Waals surface area contributed by atoms with Gasteiger partial charge < -0.3 is 15.0 Å². The summed E-state index contributed by atoms with van der Waals surface area (Å²) in [6.07, 6.45) is 6.32. The van der Waals surface area contributed by atoms with Crippen molar-refractivity contribution < 1.29 is 4.79 Å². The van der Waals surface area contributed by atoms with Gasteiger partial charge in [0.15, 0.2) is 0 Å². The van der Waals surface area contributed by atoms with Crippen LogP contribution >= 0.6 is 11.3 Å². The first kappa shape index (κ1) is 15.5. The quantitative estimate of drug-likeness (QED) is 0.755. The van der Waals surface area contributed by atoms with Crippen molar-refractivity contribution in [3.8, 4) is 0 Å². The first-order chi connectivity index (χ1) is 11.1. The number of hydrogen-bond donors (Lipinski definition) is 2. The summed E-state index contributed by atoms with van der Waals surface area (Å²) >= 11 is 1.69. The fourth-order valence-electron chi connectivity index (χ4n) is 2.41. The summed E-state index contributed by atoms with van der Waals surface area (Å²) in [5.41, 5.74) is 3.12. The van der Waals surface area contributed by atoms with Crippen molar-refractivity contribution in [3.63, 3.8) is 0 Å². The predicted octanol–water partition coefficient (Wildman–Crippen LogP) is 2.45. The van der Waals surface area contributed by atoms with Crippen molar-refractivity contribution in [2.24, 2.45) is 0 Å². The Labute approximate surface area is 138 Å². The molecule has 3 heterocycles. The Morgan fingerprint density at radius 1 is 1.30 bits per heavy atom. The molecule has 0 aliphatic rings. The molecule has 6 nitrogen and oxygen atoms in total. The van der Waals surface area contributed by atoms with E-state index in [1.807, 2.05) is 36.6 Å². The molecule has 2 N–H and O–H groups in total. The molecule has 0 aliphatic carbocycles. The summed E-state index contributed by atoms with van der Waals surface area (Å²) in [5.74, 6) is 0. The minimum atomic E-state index is -0.158. The molecule has 3 aromatic rings. The molecule has 0 aromatic carbocycles. The van der Waals surface area contributed by atoms with Gasteiger partial charge in [0.25, 0.3) is 0 Å². The Kier molecular flexibility index (Phi) is 4.57. The van der Waals surface area contributed by atoms with E-state index in [9.17, 15) is 4.79 Å². The molecule has 0 bridgehead atoms. The third-order valence-electron chi connectivity index (χ3n) is 3.56. The lowest BCUT2D eigenvalue weighted by molar-refractivity contribution is 0.240. The maximum atomic E-state index is 11.9. The van der Waals surface area contributed by atoms with E-state index in [2.05, 4.69) is 20.6 Å². The van der Waals surface area contributed by atoms with E-state index in [0.717, 1.165) is 28.2 Å². The van der Waals surface area contributed by atoms with Crippen molar-refractivity contribution in [1.29, 1.82) is 0 Å². The van der Waals surface area contributed by atoms with Crippen molar-refractivity contribution >= 4 is 22.9 Å². The molecule has 0 atom stereocenters. The molecule has 0 radical (unpaired) electrons. The molecule has 0 unspecified atom stereocenters. The molecule has 0 saturated heterocycles. The van der Waals surface area contributed by atoms with Gasteiger partial charge in [-0.2, -0.15) is 0 Å². The number of imidazole rings is 1. The maximum Gasteiger partial charge on any atom is 0.315 e. The van der Waals surface area contributed by atoms with Crippen molar-refractivity contribution in [1.82, 2.24) is 25.0 Å². The summed E-state index contributed by atoms with van der Waals surface area (Å²) in [6, 6.07) is 3.81. The fourth-order valence-corrected chi connectivity index (χ4v) is 3.35. The van der Waals surface area contributed by atoms with Gasteiger partial charge >= 0.3 is 6.03 Å². The summed E-state index contributed by atoms with van der Waals surface area (Å²) < 4.78 is 1.93. The maximum absolute atomic E-state index is 11.9. The SMILES string of the molecule is Cc1nc(C)c(CCNC(=O)NCc2ccc3cncn3c2)s1. The Bertz CT molecular complexity index is 823. The minimum Gasteiger partial charge on any atom is -0.338 e. The van der Waals surface area contributed by atoms with E-state index >= 15 is 0 Å². The second-order valence-corrected chi connectivity index (χ2v) is 6.65. The Hall–Kier alpha value is -2.41. The van der Waals surface area contributed by atoms with Crippen LogP contribution in [0, 0.1) is 13.8 Å². The smallest absolute Gasteiger partial charge is 0.315 e. The van der Waals surface area contributed by atoms with E-state index in [1.54, 1.807) is 23.9 Å². The number of pyridine rings is 1. The fraction of sp³-hybridized carbons (Fsp3) is 0.312. The van der Waals surface area contributed by atoms with E-state index in [1.165, 1.54) is 4.88 Å². The predicted molar refractivity (Wildman–Crippen MR) is 90.7 cm³/mol. The Balaban J connectivity index is 1.45. The van der Waals surface area contributed by atoms with Crippen LogP contribution in [-0.4, -0.2) is 26.9 Å². The Morgan fingerprint density at radius 2 is 2.17 bits per heavy atom. The molecule has 3 aromatic heterocycles. The second-order valence-electron chi connectivity index (χ2n) is 5.36. The van der Waals surface area contributed by atoms with Crippen molar-refractivity contribution in [2.75, 3.05) is 6.54 Å². The first-order valence-electron chi connectivity index (χ1n) is 7.47. The van der Waals surface area contributed by atoms with Crippen molar-refractivity contribution in [2.45, 2.75) is 26.8 Å². The highest BCUT2D eigenvalue weighted by Gasteiger charge is 2.06. The van der Waals surface area contributed by atoms with E-state index in [-0.39, 0.29) is 6.03 Å². The number of aromatic nitrogens is 3. The summed E-state index contributed by atoms with van der Waals surface area (Å²) in [5, 5.41) is 6.81. The minimum absolute atomic E-state index is 0.158. The molecule has 0 fully saturated rings. The number of thiazole rings is 1. The van der Waals surface area contributed by atoms with Gasteiger partial charge in [-0.1, -0.05) is 6.07 Å². The van der Waals surface area contributed by atoms with Gasteiger partial charge in [-0.3, -0.25) is 0 Å². The standard InChI is InChI=1S/C16H19N5OS/c1-11-15(23-12(2)20-11)5-6-18-16(22)19-7-13-3-4-14-8-17-10-21(14)9-13/h3-4,8-10H,5-7H2,1-2H3,(H2,18,19,22). The molecular formula is C16H19N5OS. The van der Waals surface area contributed by atoms with Crippen LogP contribution in [0.5, 0.6) is 0 Å². The highest BCUT2D eigenvalue weighted by atomic mass is 32.1. The van der Waals surface area contributed by atoms with Gasteiger partial charge in [-0.05, 0) is 25.5 Å². The molecule has 23 heavy (non-hydrogen) atoms. The monoisotopic (exact) mass is 329 g/mol. The summed E-state index contributed by atoms with van der Waals surface area (Å²) in [6.45, 7) is 5.09. The van der Waals surface area contributed by atoms with Gasteiger partial charge in [0, 0.05) is 30.6 Å². The van der Waals surface area contributed by atoms with E-state index in [0.29, 0.717) is 13.1 Å². The second kappa shape index (κ2) is 6.78. The highest BCUT2D eigenvalue weighted by molar-refractivity contribution is 7.11. The average molecular weight is 329 g/mol. The summed E-state index contributed by atoms with van der Waals surface area (Å²) in [4.78, 5) is 21.5. The molecular weight excluding hydrogens is 310 g/mol. The van der Waals surface area contributed by atoms with Crippen LogP contribution in [0.4, 0.5) is 4.79 Å². The number of nitrogens with zero attached hydrogens (tertiary/aromatic N) is 3. The number of fused-ring (bicyclic) bond motifs is 1. The van der Waals surface area contributed by atoms with Gasteiger partial charge in [-0.15, -0.1) is 11.3 Å². The van der Waals surface area contributed by atoms with Crippen LogP contribution in [0.2, 0.25) is 0 Å². The van der Waals surface area contributed by atoms with Crippen LogP contribution in [0.15, 0.2) is 30.9 Å². The number of nitrogens with one attached hydrogen (secondary N) is 2.